The molecule has 1 fully saturated rings. The summed E-state index contributed by atoms with van der Waals surface area (Å²) in [5, 5.41) is 3.26. The van der Waals surface area contributed by atoms with Gasteiger partial charge in [0.25, 0.3) is 0 Å². The van der Waals surface area contributed by atoms with Crippen LogP contribution in [0.5, 0.6) is 11.5 Å². The molecule has 0 radical (unpaired) electrons. The van der Waals surface area contributed by atoms with Crippen LogP contribution in [0.1, 0.15) is 6.92 Å². The summed E-state index contributed by atoms with van der Waals surface area (Å²) in [5.41, 5.74) is 0.828. The molecule has 2 heterocycles. The van der Waals surface area contributed by atoms with Crippen molar-refractivity contribution in [3.05, 3.63) is 30.5 Å². The number of ether oxygens (including phenoxy) is 3. The van der Waals surface area contributed by atoms with Crippen molar-refractivity contribution in [3.63, 3.8) is 0 Å². The summed E-state index contributed by atoms with van der Waals surface area (Å²) >= 11 is 0. The Kier molecular flexibility index (Phi) is 6.36. The summed E-state index contributed by atoms with van der Waals surface area (Å²) in [6, 6.07) is 7.37. The first-order valence-corrected chi connectivity index (χ1v) is 9.13. The number of aromatic nitrogens is 2. The van der Waals surface area contributed by atoms with E-state index in [1.807, 2.05) is 18.2 Å². The third-order valence-electron chi connectivity index (χ3n) is 4.39. The molecule has 1 aromatic heterocycles. The average molecular weight is 387 g/mol. The molecule has 0 spiro atoms. The third kappa shape index (κ3) is 4.54. The predicted molar refractivity (Wildman–Crippen MR) is 106 cm³/mol. The number of piperazine rings is 1. The van der Waals surface area contributed by atoms with Gasteiger partial charge >= 0.3 is 6.09 Å². The van der Waals surface area contributed by atoms with Gasteiger partial charge in [0.05, 0.1) is 20.8 Å². The zero-order valence-electron chi connectivity index (χ0n) is 16.3. The zero-order valence-corrected chi connectivity index (χ0v) is 16.3. The molecular weight excluding hydrogens is 362 g/mol. The fraction of sp³-hybridized carbons (Fsp3) is 0.421. The van der Waals surface area contributed by atoms with Crippen LogP contribution in [0, 0.1) is 0 Å². The van der Waals surface area contributed by atoms with Crippen molar-refractivity contribution in [1.82, 2.24) is 14.9 Å². The topological polar surface area (TPSA) is 89.1 Å². The predicted octanol–water partition coefficient (Wildman–Crippen LogP) is 2.52. The van der Waals surface area contributed by atoms with Crippen molar-refractivity contribution in [3.8, 4) is 11.5 Å². The molecule has 1 aromatic carbocycles. The fourth-order valence-electron chi connectivity index (χ4n) is 2.94. The van der Waals surface area contributed by atoms with Crippen LogP contribution in [0.4, 0.5) is 22.2 Å². The molecule has 0 saturated carbocycles. The molecule has 0 atom stereocenters. The van der Waals surface area contributed by atoms with Gasteiger partial charge in [-0.05, 0) is 25.1 Å². The summed E-state index contributed by atoms with van der Waals surface area (Å²) in [4.78, 5) is 24.5. The Morgan fingerprint density at radius 2 is 1.86 bits per heavy atom. The number of carbonyl (C=O) groups excluding carboxylic acids is 1. The number of benzene rings is 1. The number of nitrogens with zero attached hydrogens (tertiary/aromatic N) is 4. The van der Waals surface area contributed by atoms with Gasteiger partial charge in [0.1, 0.15) is 5.82 Å². The van der Waals surface area contributed by atoms with E-state index < -0.39 is 0 Å². The summed E-state index contributed by atoms with van der Waals surface area (Å²) < 4.78 is 15.6. The molecular formula is C19H25N5O4. The highest BCUT2D eigenvalue weighted by atomic mass is 16.6. The van der Waals surface area contributed by atoms with E-state index in [2.05, 4.69) is 20.2 Å². The van der Waals surface area contributed by atoms with Gasteiger partial charge in [-0.3, -0.25) is 0 Å². The highest BCUT2D eigenvalue weighted by molar-refractivity contribution is 5.68. The average Bonchev–Trinajstić information content (AvgIpc) is 2.74. The monoisotopic (exact) mass is 387 g/mol. The first-order valence-electron chi connectivity index (χ1n) is 9.13. The lowest BCUT2D eigenvalue weighted by Crippen LogP contribution is -2.49. The quantitative estimate of drug-likeness (QED) is 0.809. The number of nitrogens with one attached hydrogen (secondary N) is 1. The Balaban J connectivity index is 1.66. The maximum absolute atomic E-state index is 11.8. The van der Waals surface area contributed by atoms with Crippen LogP contribution in [0.25, 0.3) is 0 Å². The molecule has 1 N–H and O–H groups in total. The molecule has 9 nitrogen and oxygen atoms in total. The number of hydrogen-bond donors (Lipinski definition) is 1. The maximum atomic E-state index is 11.8. The number of anilines is 3. The molecule has 9 heteroatoms. The molecule has 0 aliphatic carbocycles. The third-order valence-corrected chi connectivity index (χ3v) is 4.39. The summed E-state index contributed by atoms with van der Waals surface area (Å²) in [5.74, 6) is 2.59. The molecule has 1 aliphatic heterocycles. The van der Waals surface area contributed by atoms with Crippen molar-refractivity contribution >= 4 is 23.5 Å². The van der Waals surface area contributed by atoms with Crippen molar-refractivity contribution in [1.29, 1.82) is 0 Å². The van der Waals surface area contributed by atoms with Gasteiger partial charge < -0.3 is 29.3 Å². The SMILES string of the molecule is CCOC(=O)N1CCN(c2nccc(Nc3ccc(OC)c(OC)c3)n2)CC1. The van der Waals surface area contributed by atoms with Gasteiger partial charge in [0.15, 0.2) is 11.5 Å². The van der Waals surface area contributed by atoms with Crippen LogP contribution in [-0.4, -0.2) is 68.0 Å². The maximum Gasteiger partial charge on any atom is 0.409 e. The van der Waals surface area contributed by atoms with Gasteiger partial charge in [-0.15, -0.1) is 0 Å². The van der Waals surface area contributed by atoms with Crippen LogP contribution in [0.3, 0.4) is 0 Å². The standard InChI is InChI=1S/C19H25N5O4/c1-4-28-19(25)24-11-9-23(10-12-24)18-20-8-7-17(22-18)21-14-5-6-15(26-2)16(13-14)27-3/h5-8,13H,4,9-12H2,1-3H3,(H,20,21,22). The lowest BCUT2D eigenvalue weighted by molar-refractivity contribution is 0.105. The number of methoxy groups -OCH3 is 2. The highest BCUT2D eigenvalue weighted by Crippen LogP contribution is 2.31. The first-order chi connectivity index (χ1) is 13.6. The van der Waals surface area contributed by atoms with Gasteiger partial charge in [-0.25, -0.2) is 9.78 Å². The van der Waals surface area contributed by atoms with Gasteiger partial charge in [0.2, 0.25) is 5.95 Å². The Morgan fingerprint density at radius 3 is 2.54 bits per heavy atom. The summed E-state index contributed by atoms with van der Waals surface area (Å²) in [6.07, 6.45) is 1.44. The number of hydrogen-bond acceptors (Lipinski definition) is 8. The van der Waals surface area contributed by atoms with E-state index in [1.165, 1.54) is 0 Å². The van der Waals surface area contributed by atoms with Crippen LogP contribution in [0.15, 0.2) is 30.5 Å². The zero-order chi connectivity index (χ0) is 19.9. The van der Waals surface area contributed by atoms with E-state index in [9.17, 15) is 4.79 Å². The molecule has 2 aromatic rings. The Morgan fingerprint density at radius 1 is 1.11 bits per heavy atom. The lowest BCUT2D eigenvalue weighted by atomic mass is 10.2. The van der Waals surface area contributed by atoms with Gasteiger partial charge in [-0.2, -0.15) is 4.98 Å². The van der Waals surface area contributed by atoms with Crippen LogP contribution < -0.4 is 19.7 Å². The molecule has 1 saturated heterocycles. The van der Waals surface area contributed by atoms with Crippen molar-refractivity contribution in [2.75, 3.05) is 57.2 Å². The van der Waals surface area contributed by atoms with Gasteiger partial charge in [0, 0.05) is 44.1 Å². The normalized spacial score (nSPS) is 13.8. The van der Waals surface area contributed by atoms with Crippen LogP contribution in [0.2, 0.25) is 0 Å². The van der Waals surface area contributed by atoms with Crippen molar-refractivity contribution in [2.24, 2.45) is 0 Å². The lowest BCUT2D eigenvalue weighted by Gasteiger charge is -2.34. The number of carbonyl (C=O) groups is 1. The Labute approximate surface area is 164 Å². The second-order valence-electron chi connectivity index (χ2n) is 6.11. The largest absolute Gasteiger partial charge is 0.493 e. The molecule has 28 heavy (non-hydrogen) atoms. The molecule has 150 valence electrons. The minimum absolute atomic E-state index is 0.271. The minimum atomic E-state index is -0.271. The smallest absolute Gasteiger partial charge is 0.409 e. The first kappa shape index (κ1) is 19.5. The van der Waals surface area contributed by atoms with E-state index in [4.69, 9.17) is 14.2 Å². The minimum Gasteiger partial charge on any atom is -0.493 e. The van der Waals surface area contributed by atoms with E-state index in [0.717, 1.165) is 5.69 Å². The van der Waals surface area contributed by atoms with E-state index in [0.29, 0.717) is 56.1 Å². The second-order valence-corrected chi connectivity index (χ2v) is 6.11. The Hall–Kier alpha value is -3.23. The summed E-state index contributed by atoms with van der Waals surface area (Å²) in [7, 11) is 3.20. The summed E-state index contributed by atoms with van der Waals surface area (Å²) in [6.45, 7) is 4.65. The van der Waals surface area contributed by atoms with Crippen molar-refractivity contribution in [2.45, 2.75) is 6.92 Å². The number of amides is 1. The molecule has 1 aliphatic rings. The fourth-order valence-corrected chi connectivity index (χ4v) is 2.94. The Bertz CT molecular complexity index is 809. The van der Waals surface area contributed by atoms with Gasteiger partial charge in [-0.1, -0.05) is 0 Å². The number of rotatable bonds is 6. The van der Waals surface area contributed by atoms with Crippen LogP contribution >= 0.6 is 0 Å². The van der Waals surface area contributed by atoms with Crippen molar-refractivity contribution < 1.29 is 19.0 Å². The van der Waals surface area contributed by atoms with E-state index in [1.54, 1.807) is 38.3 Å². The molecule has 0 unspecified atom stereocenters. The molecule has 3 rings (SSSR count). The molecule has 0 bridgehead atoms. The van der Waals surface area contributed by atoms with Crippen LogP contribution in [-0.2, 0) is 4.74 Å². The molecule has 1 amide bonds. The van der Waals surface area contributed by atoms with E-state index >= 15 is 0 Å². The second kappa shape index (κ2) is 9.12. The highest BCUT2D eigenvalue weighted by Gasteiger charge is 2.23. The van der Waals surface area contributed by atoms with E-state index in [-0.39, 0.29) is 6.09 Å².